The zero-order valence-electron chi connectivity index (χ0n) is 14.8. The largest absolute Gasteiger partial charge is 0.469 e. The van der Waals surface area contributed by atoms with Crippen LogP contribution in [0.15, 0.2) is 0 Å². The molecule has 0 aromatic rings. The average molecular weight is 322 g/mol. The number of methoxy groups -OCH3 is 1. The Kier molecular flexibility index (Phi) is 6.35. The molecule has 0 spiro atoms. The summed E-state index contributed by atoms with van der Waals surface area (Å²) in [5.74, 6) is 1.75. The number of hydrogen-bond acceptors (Lipinski definition) is 4. The summed E-state index contributed by atoms with van der Waals surface area (Å²) in [5, 5.41) is 3.79. The van der Waals surface area contributed by atoms with Crippen LogP contribution in [-0.4, -0.2) is 50.2 Å². The second-order valence-corrected chi connectivity index (χ2v) is 8.08. The van der Waals surface area contributed by atoms with Gasteiger partial charge in [0.25, 0.3) is 0 Å². The number of rotatable bonds is 6. The van der Waals surface area contributed by atoms with Crippen molar-refractivity contribution < 1.29 is 9.53 Å². The lowest BCUT2D eigenvalue weighted by Crippen LogP contribution is -2.53. The molecule has 23 heavy (non-hydrogen) atoms. The van der Waals surface area contributed by atoms with E-state index >= 15 is 0 Å². The van der Waals surface area contributed by atoms with E-state index in [2.05, 4.69) is 10.2 Å². The summed E-state index contributed by atoms with van der Waals surface area (Å²) >= 11 is 0. The number of esters is 1. The summed E-state index contributed by atoms with van der Waals surface area (Å²) in [7, 11) is 1.53. The average Bonchev–Trinajstić information content (AvgIpc) is 2.56. The quantitative estimate of drug-likeness (QED) is 0.764. The molecule has 132 valence electrons. The minimum absolute atomic E-state index is 0.0206. The zero-order valence-corrected chi connectivity index (χ0v) is 14.8. The van der Waals surface area contributed by atoms with Crippen molar-refractivity contribution in [2.75, 3.05) is 33.3 Å². The summed E-state index contributed by atoms with van der Waals surface area (Å²) < 4.78 is 5.03. The molecule has 1 aliphatic heterocycles. The molecule has 0 radical (unpaired) electrons. The van der Waals surface area contributed by atoms with Crippen LogP contribution in [0.25, 0.3) is 0 Å². The van der Waals surface area contributed by atoms with Crippen LogP contribution >= 0.6 is 0 Å². The number of carbonyl (C=O) groups is 1. The summed E-state index contributed by atoms with van der Waals surface area (Å²) in [5.41, 5.74) is 0. The lowest BCUT2D eigenvalue weighted by atomic mass is 9.83. The predicted octanol–water partition coefficient (Wildman–Crippen LogP) is 2.82. The Labute approximate surface area is 141 Å². The van der Waals surface area contributed by atoms with E-state index in [-0.39, 0.29) is 11.9 Å². The van der Waals surface area contributed by atoms with Gasteiger partial charge >= 0.3 is 5.97 Å². The molecular formula is C19H34N2O2. The fourth-order valence-corrected chi connectivity index (χ4v) is 4.59. The lowest BCUT2D eigenvalue weighted by Gasteiger charge is -2.40. The Bertz CT molecular complexity index is 378. The Morgan fingerprint density at radius 3 is 2.43 bits per heavy atom. The van der Waals surface area contributed by atoms with Gasteiger partial charge in [-0.25, -0.2) is 0 Å². The van der Waals surface area contributed by atoms with E-state index in [4.69, 9.17) is 4.74 Å². The smallest absolute Gasteiger partial charge is 0.310 e. The second-order valence-electron chi connectivity index (χ2n) is 8.08. The van der Waals surface area contributed by atoms with E-state index in [1.165, 1.54) is 65.0 Å². The molecule has 3 rings (SSSR count). The summed E-state index contributed by atoms with van der Waals surface area (Å²) in [4.78, 5) is 14.6. The Morgan fingerprint density at radius 1 is 1.04 bits per heavy atom. The van der Waals surface area contributed by atoms with Crippen LogP contribution in [0.2, 0.25) is 0 Å². The van der Waals surface area contributed by atoms with E-state index < -0.39 is 0 Å². The number of hydrogen-bond donors (Lipinski definition) is 1. The first kappa shape index (κ1) is 17.2. The van der Waals surface area contributed by atoms with Gasteiger partial charge in [0.05, 0.1) is 13.0 Å². The van der Waals surface area contributed by atoms with Gasteiger partial charge < -0.3 is 15.0 Å². The molecule has 3 fully saturated rings. The third-order valence-electron chi connectivity index (χ3n) is 6.22. The number of piperidine rings is 1. The highest BCUT2D eigenvalue weighted by Gasteiger charge is 2.34. The first-order valence-corrected chi connectivity index (χ1v) is 9.78. The third kappa shape index (κ3) is 4.93. The van der Waals surface area contributed by atoms with Crippen molar-refractivity contribution in [1.29, 1.82) is 0 Å². The van der Waals surface area contributed by atoms with E-state index in [1.807, 2.05) is 0 Å². The van der Waals surface area contributed by atoms with Gasteiger partial charge in [-0.1, -0.05) is 25.7 Å². The van der Waals surface area contributed by atoms with Gasteiger partial charge in [-0.15, -0.1) is 0 Å². The topological polar surface area (TPSA) is 41.6 Å². The monoisotopic (exact) mass is 322 g/mol. The standard InChI is InChI=1S/C19H34N2O2/c1-23-19(22)17-10-18(20-11-15-6-3-2-4-7-15)14-21(13-17)12-16-8-5-9-16/h15-18,20H,2-14H2,1H3. The molecule has 2 unspecified atom stereocenters. The molecule has 1 N–H and O–H groups in total. The van der Waals surface area contributed by atoms with Crippen molar-refractivity contribution in [2.45, 2.75) is 63.8 Å². The van der Waals surface area contributed by atoms with Gasteiger partial charge in [0.1, 0.15) is 0 Å². The molecule has 1 saturated heterocycles. The van der Waals surface area contributed by atoms with Crippen LogP contribution in [0, 0.1) is 17.8 Å². The predicted molar refractivity (Wildman–Crippen MR) is 92.3 cm³/mol. The fourth-order valence-electron chi connectivity index (χ4n) is 4.59. The molecule has 0 aromatic carbocycles. The van der Waals surface area contributed by atoms with E-state index in [0.29, 0.717) is 6.04 Å². The molecule has 2 aliphatic carbocycles. The van der Waals surface area contributed by atoms with Gasteiger partial charge in [0, 0.05) is 25.7 Å². The SMILES string of the molecule is COC(=O)C1CC(NCC2CCCCC2)CN(CC2CCC2)C1. The van der Waals surface area contributed by atoms with Crippen LogP contribution in [0.4, 0.5) is 0 Å². The summed E-state index contributed by atoms with van der Waals surface area (Å²) in [6, 6.07) is 0.454. The Morgan fingerprint density at radius 2 is 1.78 bits per heavy atom. The van der Waals surface area contributed by atoms with Crippen molar-refractivity contribution in [3.8, 4) is 0 Å². The van der Waals surface area contributed by atoms with E-state index in [9.17, 15) is 4.79 Å². The lowest BCUT2D eigenvalue weighted by molar-refractivity contribution is -0.148. The highest BCUT2D eigenvalue weighted by molar-refractivity contribution is 5.72. The molecule has 4 nitrogen and oxygen atoms in total. The van der Waals surface area contributed by atoms with Gasteiger partial charge in [-0.2, -0.15) is 0 Å². The zero-order chi connectivity index (χ0) is 16.1. The minimum Gasteiger partial charge on any atom is -0.469 e. The maximum absolute atomic E-state index is 12.1. The fraction of sp³-hybridized carbons (Fsp3) is 0.947. The first-order valence-electron chi connectivity index (χ1n) is 9.78. The van der Waals surface area contributed by atoms with Gasteiger partial charge in [0.2, 0.25) is 0 Å². The van der Waals surface area contributed by atoms with Gasteiger partial charge in [-0.3, -0.25) is 4.79 Å². The number of nitrogens with one attached hydrogen (secondary N) is 1. The van der Waals surface area contributed by atoms with Crippen molar-refractivity contribution in [1.82, 2.24) is 10.2 Å². The summed E-state index contributed by atoms with van der Waals surface area (Å²) in [6.07, 6.45) is 12.1. The second kappa shape index (κ2) is 8.48. The molecule has 1 heterocycles. The van der Waals surface area contributed by atoms with Crippen molar-refractivity contribution in [3.05, 3.63) is 0 Å². The van der Waals surface area contributed by atoms with E-state index in [0.717, 1.165) is 37.9 Å². The molecule has 3 aliphatic rings. The molecule has 4 heteroatoms. The molecule has 0 aromatic heterocycles. The van der Waals surface area contributed by atoms with Crippen LogP contribution < -0.4 is 5.32 Å². The van der Waals surface area contributed by atoms with Crippen molar-refractivity contribution in [2.24, 2.45) is 17.8 Å². The Balaban J connectivity index is 1.50. The van der Waals surface area contributed by atoms with Gasteiger partial charge in [0.15, 0.2) is 0 Å². The number of ether oxygens (including phenoxy) is 1. The van der Waals surface area contributed by atoms with Crippen LogP contribution in [0.1, 0.15) is 57.8 Å². The minimum atomic E-state index is -0.0206. The number of likely N-dealkylation sites (tertiary alicyclic amines) is 1. The summed E-state index contributed by atoms with van der Waals surface area (Å²) in [6.45, 7) is 4.31. The third-order valence-corrected chi connectivity index (χ3v) is 6.22. The van der Waals surface area contributed by atoms with Gasteiger partial charge in [-0.05, 0) is 50.5 Å². The molecule has 2 saturated carbocycles. The maximum Gasteiger partial charge on any atom is 0.310 e. The molecule has 2 atom stereocenters. The van der Waals surface area contributed by atoms with Crippen molar-refractivity contribution in [3.63, 3.8) is 0 Å². The molecule has 0 bridgehead atoms. The molecular weight excluding hydrogens is 288 g/mol. The molecule has 0 amide bonds. The number of carbonyl (C=O) groups excluding carboxylic acids is 1. The first-order chi connectivity index (χ1) is 11.2. The maximum atomic E-state index is 12.1. The van der Waals surface area contributed by atoms with E-state index in [1.54, 1.807) is 0 Å². The highest BCUT2D eigenvalue weighted by atomic mass is 16.5. The number of nitrogens with zero attached hydrogens (tertiary/aromatic N) is 1. The van der Waals surface area contributed by atoms with Crippen molar-refractivity contribution >= 4 is 5.97 Å². The van der Waals surface area contributed by atoms with Crippen LogP contribution in [0.3, 0.4) is 0 Å². The Hall–Kier alpha value is -0.610. The normalized spacial score (nSPS) is 30.8. The van der Waals surface area contributed by atoms with Crippen LogP contribution in [-0.2, 0) is 9.53 Å². The highest BCUT2D eigenvalue weighted by Crippen LogP contribution is 2.29. The van der Waals surface area contributed by atoms with Crippen LogP contribution in [0.5, 0.6) is 0 Å².